The fourth-order valence-electron chi connectivity index (χ4n) is 5.11. The molecular weight excluding hydrogens is 461 g/mol. The number of pyridine rings is 1. The van der Waals surface area contributed by atoms with Gasteiger partial charge in [0.25, 0.3) is 0 Å². The Hall–Kier alpha value is -4.01. The van der Waals surface area contributed by atoms with E-state index in [4.69, 9.17) is 0 Å². The van der Waals surface area contributed by atoms with Crippen molar-refractivity contribution in [1.82, 2.24) is 18.4 Å². The molecule has 11 heteroatoms. The van der Waals surface area contributed by atoms with Crippen molar-refractivity contribution < 1.29 is 17.9 Å². The number of halogens is 1. The molecule has 4 aromatic rings. The predicted octanol–water partition coefficient (Wildman–Crippen LogP) is 2.59. The van der Waals surface area contributed by atoms with Gasteiger partial charge in [-0.25, -0.2) is 22.2 Å². The average Bonchev–Trinajstić information content (AvgIpc) is 3.50. The normalized spacial score (nSPS) is 19.4. The minimum atomic E-state index is -4.20. The van der Waals surface area contributed by atoms with Gasteiger partial charge < -0.3 is 5.11 Å². The summed E-state index contributed by atoms with van der Waals surface area (Å²) in [5.41, 5.74) is 0.683. The summed E-state index contributed by atoms with van der Waals surface area (Å²) in [5, 5.41) is 21.1. The summed E-state index contributed by atoms with van der Waals surface area (Å²) in [6.45, 7) is -0.00658. The van der Waals surface area contributed by atoms with Crippen LogP contribution in [0.25, 0.3) is 16.6 Å². The largest absolute Gasteiger partial charge is 0.493 e. The van der Waals surface area contributed by atoms with Crippen LogP contribution in [0.4, 0.5) is 4.39 Å². The van der Waals surface area contributed by atoms with Crippen LogP contribution in [-0.4, -0.2) is 38.5 Å². The van der Waals surface area contributed by atoms with Crippen molar-refractivity contribution >= 4 is 20.9 Å². The molecule has 2 bridgehead atoms. The molecule has 0 amide bonds. The Balaban J connectivity index is 1.52. The maximum atomic E-state index is 14.3. The van der Waals surface area contributed by atoms with Gasteiger partial charge in [0, 0.05) is 18.1 Å². The predicted molar refractivity (Wildman–Crippen MR) is 118 cm³/mol. The molecule has 1 saturated heterocycles. The highest BCUT2D eigenvalue weighted by Gasteiger charge is 2.52. The highest BCUT2D eigenvalue weighted by molar-refractivity contribution is 7.89. The molecule has 6 rings (SSSR count). The SMILES string of the molecule is N#Cc1ccc(-n2c(O)c3n(c2=O)[C@H]2C[C@@H]3N(S(=O)(=O)c3ccccc3F)C2)c2cccnc12. The number of fused-ring (bicyclic) bond motifs is 6. The summed E-state index contributed by atoms with van der Waals surface area (Å²) in [6, 6.07) is 12.3. The Morgan fingerprint density at radius 3 is 2.71 bits per heavy atom. The zero-order valence-electron chi connectivity index (χ0n) is 17.5. The molecule has 170 valence electrons. The van der Waals surface area contributed by atoms with Gasteiger partial charge >= 0.3 is 5.69 Å². The van der Waals surface area contributed by atoms with Crippen LogP contribution in [0.15, 0.2) is 64.4 Å². The quantitative estimate of drug-likeness (QED) is 0.484. The van der Waals surface area contributed by atoms with Gasteiger partial charge in [-0.3, -0.25) is 9.55 Å². The van der Waals surface area contributed by atoms with Gasteiger partial charge in [0.2, 0.25) is 15.9 Å². The Labute approximate surface area is 192 Å². The highest BCUT2D eigenvalue weighted by atomic mass is 32.2. The zero-order valence-corrected chi connectivity index (χ0v) is 18.3. The maximum Gasteiger partial charge on any atom is 0.336 e. The standard InChI is InChI=1S/C23H16FN5O4S/c24-16-5-1-2-6-19(16)34(32,33)27-12-14-10-18(27)21-22(30)29(23(31)28(14)21)17-8-7-13(11-25)20-15(17)4-3-9-26-20/h1-9,14,18,30H,10,12H2/t14-,18-/m0/s1. The molecule has 0 spiro atoms. The van der Waals surface area contributed by atoms with Gasteiger partial charge in [0.15, 0.2) is 0 Å². The number of aromatic hydroxyl groups is 1. The van der Waals surface area contributed by atoms with Crippen molar-refractivity contribution in [2.75, 3.05) is 6.54 Å². The minimum Gasteiger partial charge on any atom is -0.493 e. The Morgan fingerprint density at radius 2 is 1.94 bits per heavy atom. The van der Waals surface area contributed by atoms with Crippen molar-refractivity contribution in [3.63, 3.8) is 0 Å². The molecule has 0 saturated carbocycles. The molecule has 4 heterocycles. The van der Waals surface area contributed by atoms with E-state index >= 15 is 0 Å². The first-order valence-electron chi connectivity index (χ1n) is 10.4. The van der Waals surface area contributed by atoms with Crippen LogP contribution in [-0.2, 0) is 10.0 Å². The molecule has 2 aliphatic heterocycles. The van der Waals surface area contributed by atoms with Crippen LogP contribution in [0, 0.1) is 17.1 Å². The monoisotopic (exact) mass is 477 g/mol. The van der Waals surface area contributed by atoms with Crippen LogP contribution in [0.3, 0.4) is 0 Å². The second-order valence-electron chi connectivity index (χ2n) is 8.25. The molecule has 2 aromatic heterocycles. The lowest BCUT2D eigenvalue weighted by molar-refractivity contribution is 0.341. The summed E-state index contributed by atoms with van der Waals surface area (Å²) >= 11 is 0. The summed E-state index contributed by atoms with van der Waals surface area (Å²) < 4.78 is 44.5. The van der Waals surface area contributed by atoms with Crippen molar-refractivity contribution in [1.29, 1.82) is 5.26 Å². The Morgan fingerprint density at radius 1 is 1.15 bits per heavy atom. The highest BCUT2D eigenvalue weighted by Crippen LogP contribution is 2.50. The van der Waals surface area contributed by atoms with Crippen LogP contribution >= 0.6 is 0 Å². The summed E-state index contributed by atoms with van der Waals surface area (Å²) in [7, 11) is -4.20. The second kappa shape index (κ2) is 6.99. The zero-order chi connectivity index (χ0) is 23.8. The summed E-state index contributed by atoms with van der Waals surface area (Å²) in [4.78, 5) is 17.2. The number of aromatic nitrogens is 3. The summed E-state index contributed by atoms with van der Waals surface area (Å²) in [5.74, 6) is -1.25. The van der Waals surface area contributed by atoms with Crippen molar-refractivity contribution in [2.24, 2.45) is 0 Å². The van der Waals surface area contributed by atoms with Gasteiger partial charge in [-0.2, -0.15) is 9.57 Å². The Kier molecular flexibility index (Phi) is 4.23. The average molecular weight is 477 g/mol. The molecule has 0 radical (unpaired) electrons. The molecule has 2 atom stereocenters. The first kappa shape index (κ1) is 20.6. The third-order valence-corrected chi connectivity index (χ3v) is 8.45. The molecule has 2 aromatic carbocycles. The number of sulfonamides is 1. The molecule has 0 unspecified atom stereocenters. The Bertz CT molecular complexity index is 1720. The third-order valence-electron chi connectivity index (χ3n) is 6.54. The van der Waals surface area contributed by atoms with Crippen LogP contribution in [0.5, 0.6) is 5.88 Å². The first-order chi connectivity index (χ1) is 16.3. The van der Waals surface area contributed by atoms with Crippen molar-refractivity contribution in [2.45, 2.75) is 23.4 Å². The van der Waals surface area contributed by atoms with Crippen LogP contribution in [0.1, 0.15) is 29.8 Å². The number of nitrogens with zero attached hydrogens (tertiary/aromatic N) is 5. The lowest BCUT2D eigenvalue weighted by Crippen LogP contribution is -2.38. The minimum absolute atomic E-state index is 0.00658. The number of nitriles is 1. The van der Waals surface area contributed by atoms with Crippen molar-refractivity contribution in [3.05, 3.63) is 82.3 Å². The van der Waals surface area contributed by atoms with E-state index in [1.54, 1.807) is 18.2 Å². The van der Waals surface area contributed by atoms with Gasteiger partial charge in [-0.1, -0.05) is 12.1 Å². The lowest BCUT2D eigenvalue weighted by Gasteiger charge is -2.27. The lowest BCUT2D eigenvalue weighted by atomic mass is 10.1. The smallest absolute Gasteiger partial charge is 0.336 e. The molecule has 9 nitrogen and oxygen atoms in total. The van der Waals surface area contributed by atoms with E-state index in [2.05, 4.69) is 11.1 Å². The number of rotatable bonds is 3. The third kappa shape index (κ3) is 2.57. The van der Waals surface area contributed by atoms with Gasteiger partial charge in [-0.15, -0.1) is 0 Å². The van der Waals surface area contributed by atoms with E-state index in [1.165, 1.54) is 35.0 Å². The molecule has 1 fully saturated rings. The van der Waals surface area contributed by atoms with Gasteiger partial charge in [-0.05, 0) is 42.8 Å². The van der Waals surface area contributed by atoms with E-state index in [0.29, 0.717) is 28.6 Å². The van der Waals surface area contributed by atoms with Gasteiger partial charge in [0.05, 0.1) is 28.9 Å². The van der Waals surface area contributed by atoms with Crippen LogP contribution < -0.4 is 5.69 Å². The number of imidazole rings is 1. The molecule has 1 N–H and O–H groups in total. The molecule has 0 aliphatic carbocycles. The maximum absolute atomic E-state index is 14.3. The summed E-state index contributed by atoms with van der Waals surface area (Å²) in [6.07, 6.45) is 1.84. The van der Waals surface area contributed by atoms with Crippen LogP contribution in [0.2, 0.25) is 0 Å². The molecule has 2 aliphatic rings. The topological polar surface area (TPSA) is 121 Å². The fourth-order valence-corrected chi connectivity index (χ4v) is 6.82. The number of benzene rings is 2. The number of hydrogen-bond acceptors (Lipinski definition) is 6. The first-order valence-corrected chi connectivity index (χ1v) is 11.9. The fraction of sp³-hybridized carbons (Fsp3) is 0.174. The van der Waals surface area contributed by atoms with E-state index in [0.717, 1.165) is 14.9 Å². The van der Waals surface area contributed by atoms with Crippen molar-refractivity contribution in [3.8, 4) is 17.6 Å². The second-order valence-corrected chi connectivity index (χ2v) is 10.1. The van der Waals surface area contributed by atoms with Gasteiger partial charge in [0.1, 0.15) is 22.5 Å². The molecular formula is C23H16FN5O4S. The van der Waals surface area contributed by atoms with E-state index in [1.807, 2.05) is 0 Å². The number of hydrogen-bond donors (Lipinski definition) is 1. The van der Waals surface area contributed by atoms with E-state index < -0.39 is 38.5 Å². The molecule has 34 heavy (non-hydrogen) atoms. The van der Waals surface area contributed by atoms with E-state index in [9.17, 15) is 28.0 Å². The van der Waals surface area contributed by atoms with E-state index in [-0.39, 0.29) is 18.1 Å².